The number of sulfone groups is 1. The van der Waals surface area contributed by atoms with E-state index in [0.717, 1.165) is 25.0 Å². The van der Waals surface area contributed by atoms with Crippen LogP contribution in [-0.4, -0.2) is 39.1 Å². The lowest BCUT2D eigenvalue weighted by atomic mass is 9.75. The van der Waals surface area contributed by atoms with Crippen LogP contribution in [0.3, 0.4) is 0 Å². The Morgan fingerprint density at radius 3 is 2.40 bits per heavy atom. The Bertz CT molecular complexity index is 561. The zero-order chi connectivity index (χ0) is 14.2. The molecule has 2 aliphatic rings. The van der Waals surface area contributed by atoms with Gasteiger partial charge in [-0.25, -0.2) is 8.42 Å². The third-order valence-corrected chi connectivity index (χ3v) is 6.20. The van der Waals surface area contributed by atoms with Gasteiger partial charge in [-0.05, 0) is 42.9 Å². The van der Waals surface area contributed by atoms with E-state index in [0.29, 0.717) is 23.5 Å². The molecule has 1 atom stereocenters. The molecule has 1 aliphatic heterocycles. The van der Waals surface area contributed by atoms with Gasteiger partial charge in [0.15, 0.2) is 9.84 Å². The molecule has 1 saturated heterocycles. The summed E-state index contributed by atoms with van der Waals surface area (Å²) in [5.41, 5.74) is 1.35. The van der Waals surface area contributed by atoms with Gasteiger partial charge in [0, 0.05) is 12.1 Å². The Labute approximate surface area is 120 Å². The van der Waals surface area contributed by atoms with Crippen molar-refractivity contribution in [3.05, 3.63) is 29.8 Å². The normalized spacial score (nSPS) is 31.8. The molecule has 1 heterocycles. The minimum absolute atomic E-state index is 0.168. The highest BCUT2D eigenvalue weighted by Gasteiger charge is 2.35. The Morgan fingerprint density at radius 2 is 1.85 bits per heavy atom. The van der Waals surface area contributed by atoms with Crippen molar-refractivity contribution >= 4 is 9.84 Å². The van der Waals surface area contributed by atoms with Gasteiger partial charge in [-0.1, -0.05) is 12.1 Å². The first-order valence-corrected chi connectivity index (χ1v) is 8.98. The Kier molecular flexibility index (Phi) is 3.73. The van der Waals surface area contributed by atoms with Gasteiger partial charge in [-0.3, -0.25) is 0 Å². The first-order chi connectivity index (χ1) is 9.55. The molecule has 0 aromatic heterocycles. The smallest absolute Gasteiger partial charge is 0.151 e. The fourth-order valence-electron chi connectivity index (χ4n) is 3.16. The molecule has 3 rings (SSSR count). The van der Waals surface area contributed by atoms with Crippen molar-refractivity contribution in [3.8, 4) is 5.75 Å². The summed E-state index contributed by atoms with van der Waals surface area (Å²) in [6, 6.07) is 8.89. The highest BCUT2D eigenvalue weighted by atomic mass is 32.2. The average molecular weight is 295 g/mol. The quantitative estimate of drug-likeness (QED) is 0.919. The minimum Gasteiger partial charge on any atom is -0.497 e. The molecular weight excluding hydrogens is 274 g/mol. The first-order valence-electron chi connectivity index (χ1n) is 7.16. The maximum absolute atomic E-state index is 11.4. The minimum atomic E-state index is -2.77. The van der Waals surface area contributed by atoms with Crippen molar-refractivity contribution in [2.75, 3.05) is 18.6 Å². The van der Waals surface area contributed by atoms with Gasteiger partial charge >= 0.3 is 0 Å². The number of rotatable bonds is 4. The van der Waals surface area contributed by atoms with E-state index >= 15 is 0 Å². The van der Waals surface area contributed by atoms with Crippen LogP contribution in [0.2, 0.25) is 0 Å². The number of hydrogen-bond acceptors (Lipinski definition) is 4. The van der Waals surface area contributed by atoms with E-state index in [1.165, 1.54) is 5.56 Å². The van der Waals surface area contributed by atoms with Crippen molar-refractivity contribution in [3.63, 3.8) is 0 Å². The third kappa shape index (κ3) is 2.99. The van der Waals surface area contributed by atoms with Crippen LogP contribution >= 0.6 is 0 Å². The summed E-state index contributed by atoms with van der Waals surface area (Å²) in [5, 5.41) is 3.49. The fourth-order valence-corrected chi connectivity index (χ4v) is 4.85. The summed E-state index contributed by atoms with van der Waals surface area (Å²) >= 11 is 0. The number of methoxy groups -OCH3 is 1. The van der Waals surface area contributed by atoms with Gasteiger partial charge < -0.3 is 10.1 Å². The summed E-state index contributed by atoms with van der Waals surface area (Å²) in [4.78, 5) is 0. The van der Waals surface area contributed by atoms with Crippen LogP contribution in [0.15, 0.2) is 24.3 Å². The predicted molar refractivity (Wildman–Crippen MR) is 79.0 cm³/mol. The molecule has 20 heavy (non-hydrogen) atoms. The summed E-state index contributed by atoms with van der Waals surface area (Å²) in [6.07, 6.45) is 2.97. The molecule has 4 nitrogen and oxygen atoms in total. The molecule has 1 unspecified atom stereocenters. The maximum Gasteiger partial charge on any atom is 0.151 e. The second-order valence-corrected chi connectivity index (χ2v) is 8.13. The molecular formula is C15H21NO3S. The molecule has 1 aliphatic carbocycles. The van der Waals surface area contributed by atoms with E-state index in [2.05, 4.69) is 17.4 Å². The predicted octanol–water partition coefficient (Wildman–Crippen LogP) is 1.72. The van der Waals surface area contributed by atoms with Gasteiger partial charge in [0.05, 0.1) is 18.6 Å². The molecule has 1 aromatic rings. The van der Waals surface area contributed by atoms with Crippen LogP contribution in [0.1, 0.15) is 30.7 Å². The van der Waals surface area contributed by atoms with Crippen molar-refractivity contribution in [1.82, 2.24) is 5.32 Å². The third-order valence-electron chi connectivity index (χ3n) is 4.43. The lowest BCUT2D eigenvalue weighted by molar-refractivity contribution is 0.271. The molecule has 0 bridgehead atoms. The number of hydrogen-bond donors (Lipinski definition) is 1. The van der Waals surface area contributed by atoms with E-state index in [9.17, 15) is 8.42 Å². The molecule has 1 N–H and O–H groups in total. The molecule has 1 aromatic carbocycles. The highest BCUT2D eigenvalue weighted by Crippen LogP contribution is 2.38. The maximum atomic E-state index is 11.4. The Hall–Kier alpha value is -1.07. The molecule has 1 saturated carbocycles. The molecule has 0 amide bonds. The van der Waals surface area contributed by atoms with E-state index in [1.807, 2.05) is 12.1 Å². The largest absolute Gasteiger partial charge is 0.497 e. The molecule has 0 radical (unpaired) electrons. The molecule has 0 spiro atoms. The summed E-state index contributed by atoms with van der Waals surface area (Å²) < 4.78 is 28.0. The van der Waals surface area contributed by atoms with E-state index < -0.39 is 9.84 Å². The Morgan fingerprint density at radius 1 is 1.15 bits per heavy atom. The zero-order valence-corrected chi connectivity index (χ0v) is 12.5. The molecule has 2 fully saturated rings. The number of ether oxygens (including phenoxy) is 1. The van der Waals surface area contributed by atoms with Crippen LogP contribution in [-0.2, 0) is 9.84 Å². The topological polar surface area (TPSA) is 55.4 Å². The number of benzene rings is 1. The summed E-state index contributed by atoms with van der Waals surface area (Å²) in [6.45, 7) is 0. The first kappa shape index (κ1) is 13.9. The standard InChI is InChI=1S/C15H21NO3S/c1-19-15-4-2-11(3-5-15)12-8-14(9-12)16-13-6-7-20(17,18)10-13/h2-5,12-14,16H,6-10H2,1H3. The molecule has 5 heteroatoms. The van der Waals surface area contributed by atoms with Gasteiger partial charge in [-0.15, -0.1) is 0 Å². The van der Waals surface area contributed by atoms with Gasteiger partial charge in [0.1, 0.15) is 5.75 Å². The lowest BCUT2D eigenvalue weighted by Gasteiger charge is -2.38. The number of nitrogens with one attached hydrogen (secondary N) is 1. The lowest BCUT2D eigenvalue weighted by Crippen LogP contribution is -2.46. The zero-order valence-electron chi connectivity index (χ0n) is 11.7. The summed E-state index contributed by atoms with van der Waals surface area (Å²) in [7, 11) is -1.10. The van der Waals surface area contributed by atoms with E-state index in [-0.39, 0.29) is 6.04 Å². The second-order valence-electron chi connectivity index (χ2n) is 5.91. The molecule has 110 valence electrons. The van der Waals surface area contributed by atoms with Crippen molar-refractivity contribution in [1.29, 1.82) is 0 Å². The highest BCUT2D eigenvalue weighted by molar-refractivity contribution is 7.91. The van der Waals surface area contributed by atoms with Crippen molar-refractivity contribution in [2.45, 2.75) is 37.3 Å². The van der Waals surface area contributed by atoms with Gasteiger partial charge in [0.25, 0.3) is 0 Å². The van der Waals surface area contributed by atoms with Crippen LogP contribution in [0.4, 0.5) is 0 Å². The van der Waals surface area contributed by atoms with E-state index in [4.69, 9.17) is 4.74 Å². The van der Waals surface area contributed by atoms with Crippen LogP contribution < -0.4 is 10.1 Å². The Balaban J connectivity index is 1.49. The SMILES string of the molecule is COc1ccc(C2CC(NC3CCS(=O)(=O)C3)C2)cc1. The second kappa shape index (κ2) is 5.37. The van der Waals surface area contributed by atoms with E-state index in [1.54, 1.807) is 7.11 Å². The van der Waals surface area contributed by atoms with Crippen molar-refractivity contribution < 1.29 is 13.2 Å². The van der Waals surface area contributed by atoms with Crippen LogP contribution in [0.5, 0.6) is 5.75 Å². The van der Waals surface area contributed by atoms with Crippen molar-refractivity contribution in [2.24, 2.45) is 0 Å². The monoisotopic (exact) mass is 295 g/mol. The van der Waals surface area contributed by atoms with Crippen LogP contribution in [0.25, 0.3) is 0 Å². The average Bonchev–Trinajstić information content (AvgIpc) is 2.73. The van der Waals surface area contributed by atoms with Gasteiger partial charge in [-0.2, -0.15) is 0 Å². The van der Waals surface area contributed by atoms with Gasteiger partial charge in [0.2, 0.25) is 0 Å². The summed E-state index contributed by atoms with van der Waals surface area (Å²) in [5.74, 6) is 2.14. The fraction of sp³-hybridized carbons (Fsp3) is 0.600. The van der Waals surface area contributed by atoms with Crippen LogP contribution in [0, 0.1) is 0 Å².